The minimum atomic E-state index is -0.391. The number of benzene rings is 1. The molecule has 3 N–H and O–H groups in total. The Balaban J connectivity index is 1.46. The first-order chi connectivity index (χ1) is 16.4. The molecule has 34 heavy (non-hydrogen) atoms. The van der Waals surface area contributed by atoms with E-state index < -0.39 is 5.82 Å². The standard InChI is InChI=1S/C26H31FIN5O/c1-15-10-17(12-18(29)11-15)19-7-8-28-14-23(19)30-26(34)20-5-6-22(27)21-13-24(31-32-25(20)21)33-9-3-4-16(33)2/h5-8,13-18H,3-4,9-12,29H2,1-2H3,(H,30,34)/t15-,16+,17+,18?/m0/s1. The second-order valence-corrected chi connectivity index (χ2v) is 11.9. The van der Waals surface area contributed by atoms with E-state index in [9.17, 15) is 9.18 Å². The first-order valence-electron chi connectivity index (χ1n) is 12.1. The Morgan fingerprint density at radius 1 is 1.24 bits per heavy atom. The summed E-state index contributed by atoms with van der Waals surface area (Å²) >= 11 is -0.258. The van der Waals surface area contributed by atoms with Gasteiger partial charge in [0.05, 0.1) is 11.3 Å². The summed E-state index contributed by atoms with van der Waals surface area (Å²) in [6.45, 7) is 5.27. The SMILES string of the molecule is C[C@@H]1CC(N)C[C@H](C2=C(NC(=O)c3ccc(F)c4cc(N5CCC[C@H]5C)nnc34)C=IC=C2)C1. The van der Waals surface area contributed by atoms with Crippen molar-refractivity contribution in [2.45, 2.75) is 58.0 Å². The zero-order valence-corrected chi connectivity index (χ0v) is 21.8. The largest absolute Gasteiger partial charge is 0.352 e. The van der Waals surface area contributed by atoms with Gasteiger partial charge in [0, 0.05) is 24.0 Å². The van der Waals surface area contributed by atoms with Crippen LogP contribution in [0, 0.1) is 17.7 Å². The fraction of sp³-hybridized carbons (Fsp3) is 0.462. The van der Waals surface area contributed by atoms with E-state index in [4.69, 9.17) is 5.73 Å². The number of amides is 1. The number of halogens is 2. The molecule has 5 rings (SSSR count). The van der Waals surface area contributed by atoms with Crippen LogP contribution in [0.1, 0.15) is 56.3 Å². The minimum Gasteiger partial charge on any atom is -0.352 e. The van der Waals surface area contributed by atoms with Crippen molar-refractivity contribution in [1.82, 2.24) is 15.5 Å². The van der Waals surface area contributed by atoms with Gasteiger partial charge in [-0.05, 0) is 82.7 Å². The molecule has 2 aromatic rings. The third-order valence-corrected chi connectivity index (χ3v) is 9.00. The topological polar surface area (TPSA) is 84.1 Å². The van der Waals surface area contributed by atoms with Crippen molar-refractivity contribution in [2.75, 3.05) is 11.4 Å². The lowest BCUT2D eigenvalue weighted by Crippen LogP contribution is -2.34. The maximum atomic E-state index is 14.8. The number of carbonyl (C=O) groups is 1. The van der Waals surface area contributed by atoms with Crippen molar-refractivity contribution in [3.05, 3.63) is 51.0 Å². The van der Waals surface area contributed by atoms with Crippen LogP contribution < -0.4 is 16.0 Å². The molecule has 0 spiro atoms. The Hall–Kier alpha value is -2.20. The summed E-state index contributed by atoms with van der Waals surface area (Å²) in [5, 5.41) is 12.1. The van der Waals surface area contributed by atoms with Crippen LogP contribution in [0.5, 0.6) is 0 Å². The van der Waals surface area contributed by atoms with Crippen molar-refractivity contribution in [1.29, 1.82) is 0 Å². The predicted octanol–water partition coefficient (Wildman–Crippen LogP) is 4.81. The number of rotatable bonds is 4. The molecule has 0 bridgehead atoms. The number of aromatic nitrogens is 2. The van der Waals surface area contributed by atoms with Gasteiger partial charge in [0.25, 0.3) is 5.91 Å². The Kier molecular flexibility index (Phi) is 6.79. The lowest BCUT2D eigenvalue weighted by Gasteiger charge is -2.33. The highest BCUT2D eigenvalue weighted by Gasteiger charge is 2.29. The Morgan fingerprint density at radius 3 is 2.85 bits per heavy atom. The van der Waals surface area contributed by atoms with Crippen LogP contribution in [-0.2, 0) is 0 Å². The summed E-state index contributed by atoms with van der Waals surface area (Å²) in [5.41, 5.74) is 8.98. The molecule has 1 aliphatic carbocycles. The van der Waals surface area contributed by atoms with Gasteiger partial charge in [0.15, 0.2) is 5.82 Å². The second-order valence-electron chi connectivity index (χ2n) is 9.86. The lowest BCUT2D eigenvalue weighted by atomic mass is 9.76. The van der Waals surface area contributed by atoms with Crippen LogP contribution in [-0.4, -0.2) is 38.7 Å². The average Bonchev–Trinajstić information content (AvgIpc) is 3.24. The van der Waals surface area contributed by atoms with E-state index in [0.29, 0.717) is 40.2 Å². The summed E-state index contributed by atoms with van der Waals surface area (Å²) in [6.07, 6.45) is 7.39. The van der Waals surface area contributed by atoms with Gasteiger partial charge in [-0.2, -0.15) is 0 Å². The zero-order chi connectivity index (χ0) is 23.8. The molecule has 2 aliphatic heterocycles. The van der Waals surface area contributed by atoms with Crippen molar-refractivity contribution < 1.29 is 9.18 Å². The highest BCUT2D eigenvalue weighted by atomic mass is 127. The first kappa shape index (κ1) is 23.5. The molecule has 1 saturated heterocycles. The Labute approximate surface area is 209 Å². The molecular formula is C26H31FIN5O. The quantitative estimate of drug-likeness (QED) is 0.512. The maximum absolute atomic E-state index is 14.8. The van der Waals surface area contributed by atoms with Crippen LogP contribution in [0.4, 0.5) is 10.2 Å². The molecule has 1 aromatic carbocycles. The summed E-state index contributed by atoms with van der Waals surface area (Å²) in [7, 11) is 0. The van der Waals surface area contributed by atoms with Gasteiger partial charge in [0.1, 0.15) is 11.3 Å². The van der Waals surface area contributed by atoms with Gasteiger partial charge in [-0.3, -0.25) is 4.79 Å². The third-order valence-electron chi connectivity index (χ3n) is 7.25. The molecule has 3 heterocycles. The van der Waals surface area contributed by atoms with Crippen molar-refractivity contribution in [2.24, 2.45) is 17.6 Å². The Morgan fingerprint density at radius 2 is 2.09 bits per heavy atom. The molecule has 3 aliphatic rings. The highest BCUT2D eigenvalue weighted by molar-refractivity contribution is 14.2. The van der Waals surface area contributed by atoms with E-state index in [0.717, 1.165) is 49.9 Å². The summed E-state index contributed by atoms with van der Waals surface area (Å²) in [5.74, 6) is 0.889. The van der Waals surface area contributed by atoms with Crippen LogP contribution in [0.3, 0.4) is 0 Å². The van der Waals surface area contributed by atoms with E-state index in [1.165, 1.54) is 12.1 Å². The van der Waals surface area contributed by atoms with E-state index in [-0.39, 0.29) is 32.7 Å². The monoisotopic (exact) mass is 575 g/mol. The molecule has 0 radical (unpaired) electrons. The molecule has 4 atom stereocenters. The fourth-order valence-corrected chi connectivity index (χ4v) is 7.27. The van der Waals surface area contributed by atoms with Gasteiger partial charge in [-0.15, -0.1) is 10.2 Å². The van der Waals surface area contributed by atoms with Crippen LogP contribution in [0.25, 0.3) is 10.9 Å². The average molecular weight is 575 g/mol. The molecular weight excluding hydrogens is 544 g/mol. The number of anilines is 1. The van der Waals surface area contributed by atoms with Crippen molar-refractivity contribution in [3.63, 3.8) is 0 Å². The zero-order valence-electron chi connectivity index (χ0n) is 19.6. The van der Waals surface area contributed by atoms with Gasteiger partial charge in [-0.25, -0.2) is 4.39 Å². The highest BCUT2D eigenvalue weighted by Crippen LogP contribution is 2.36. The Bertz CT molecular complexity index is 1200. The van der Waals surface area contributed by atoms with Gasteiger partial charge >= 0.3 is 0 Å². The van der Waals surface area contributed by atoms with Crippen molar-refractivity contribution in [3.8, 4) is 0 Å². The molecule has 180 valence electrons. The maximum Gasteiger partial charge on any atom is 0.257 e. The summed E-state index contributed by atoms with van der Waals surface area (Å²) < 4.78 is 19.2. The molecule has 1 saturated carbocycles. The van der Waals surface area contributed by atoms with E-state index >= 15 is 0 Å². The number of nitrogens with zero attached hydrogens (tertiary/aromatic N) is 3. The van der Waals surface area contributed by atoms with E-state index in [1.807, 2.05) is 0 Å². The van der Waals surface area contributed by atoms with Crippen LogP contribution >= 0.6 is 20.7 Å². The first-order valence-corrected chi connectivity index (χ1v) is 14.5. The number of nitrogens with one attached hydrogen (secondary N) is 1. The summed E-state index contributed by atoms with van der Waals surface area (Å²) in [6, 6.07) is 5.12. The van der Waals surface area contributed by atoms with Crippen LogP contribution in [0.15, 0.2) is 39.6 Å². The van der Waals surface area contributed by atoms with Gasteiger partial charge < -0.3 is 16.0 Å². The van der Waals surface area contributed by atoms with Crippen molar-refractivity contribution >= 4 is 47.4 Å². The molecule has 8 heteroatoms. The molecule has 2 fully saturated rings. The fourth-order valence-electron chi connectivity index (χ4n) is 5.60. The molecule has 6 nitrogen and oxygen atoms in total. The normalized spacial score (nSPS) is 27.2. The number of carbonyl (C=O) groups excluding carboxylic acids is 1. The molecule has 1 unspecified atom stereocenters. The predicted molar refractivity (Wildman–Crippen MR) is 144 cm³/mol. The van der Waals surface area contributed by atoms with Gasteiger partial charge in [-0.1, -0.05) is 33.7 Å². The number of fused-ring (bicyclic) bond motifs is 1. The number of hydrogen-bond acceptors (Lipinski definition) is 5. The molecule has 1 amide bonds. The second kappa shape index (κ2) is 9.81. The van der Waals surface area contributed by atoms with E-state index in [1.54, 1.807) is 6.07 Å². The number of allylic oxidation sites excluding steroid dienone is 3. The van der Waals surface area contributed by atoms with E-state index in [2.05, 4.69) is 48.4 Å². The number of hydrogen-bond donors (Lipinski definition) is 2. The smallest absolute Gasteiger partial charge is 0.257 e. The molecule has 1 aromatic heterocycles. The van der Waals surface area contributed by atoms with Crippen LogP contribution in [0.2, 0.25) is 0 Å². The third kappa shape index (κ3) is 4.66. The number of nitrogens with two attached hydrogens (primary N) is 1. The summed E-state index contributed by atoms with van der Waals surface area (Å²) in [4.78, 5) is 15.5. The lowest BCUT2D eigenvalue weighted by molar-refractivity contribution is 0.0969. The van der Waals surface area contributed by atoms with Gasteiger partial charge in [0.2, 0.25) is 0 Å². The minimum absolute atomic E-state index is 0.187.